The lowest BCUT2D eigenvalue weighted by Gasteiger charge is -2.26. The van der Waals surface area contributed by atoms with E-state index in [9.17, 15) is 9.59 Å². The third kappa shape index (κ3) is 5.67. The molecule has 0 saturated carbocycles. The monoisotopic (exact) mass is 432 g/mol. The first-order chi connectivity index (χ1) is 14.0. The van der Waals surface area contributed by atoms with Crippen molar-refractivity contribution in [2.45, 2.75) is 19.8 Å². The van der Waals surface area contributed by atoms with E-state index in [1.807, 2.05) is 47.9 Å². The lowest BCUT2D eigenvalue weighted by Crippen LogP contribution is -2.37. The number of anilines is 1. The molecule has 2 amide bonds. The number of ether oxygens (including phenoxy) is 1. The Kier molecular flexibility index (Phi) is 7.45. The fourth-order valence-electron chi connectivity index (χ4n) is 3.22. The molecule has 0 radical (unpaired) electrons. The zero-order valence-electron chi connectivity index (χ0n) is 16.7. The number of benzene rings is 2. The van der Waals surface area contributed by atoms with Gasteiger partial charge in [-0.15, -0.1) is 0 Å². The molecule has 0 bridgehead atoms. The Labute approximate surface area is 180 Å². The lowest BCUT2D eigenvalue weighted by molar-refractivity contribution is -0.116. The fraction of sp³-hybridized carbons (Fsp3) is 0.364. The van der Waals surface area contributed by atoms with Crippen LogP contribution < -0.4 is 10.1 Å². The van der Waals surface area contributed by atoms with Crippen molar-refractivity contribution in [1.82, 2.24) is 4.90 Å². The van der Waals surface area contributed by atoms with Gasteiger partial charge < -0.3 is 15.0 Å². The molecule has 0 spiro atoms. The number of nitrogens with one attached hydrogen (secondary N) is 1. The molecule has 1 saturated heterocycles. The van der Waals surface area contributed by atoms with E-state index in [0.29, 0.717) is 29.2 Å². The molecule has 1 heterocycles. The normalized spacial score (nSPS) is 13.8. The van der Waals surface area contributed by atoms with Gasteiger partial charge in [0.15, 0.2) is 0 Å². The Balaban J connectivity index is 1.57. The van der Waals surface area contributed by atoms with Crippen molar-refractivity contribution >= 4 is 40.9 Å². The van der Waals surface area contributed by atoms with Crippen LogP contribution in [0, 0.1) is 6.92 Å². The van der Waals surface area contributed by atoms with Crippen LogP contribution in [0.15, 0.2) is 36.4 Å². The summed E-state index contributed by atoms with van der Waals surface area (Å²) < 4.78 is 5.14. The molecular formula is C22H25ClN2O3S. The number of thioether (sulfide) groups is 1. The minimum Gasteiger partial charge on any atom is -0.495 e. The molecule has 7 heteroatoms. The third-order valence-corrected chi connectivity index (χ3v) is 6.14. The van der Waals surface area contributed by atoms with Crippen molar-refractivity contribution in [3.8, 4) is 5.75 Å². The van der Waals surface area contributed by atoms with E-state index in [1.54, 1.807) is 19.2 Å². The SMILES string of the molecule is COc1ccc(CCC(=O)Nc2ccc(C(=O)N3CCSCC3)cc2C)cc1Cl. The Morgan fingerprint density at radius 2 is 1.93 bits per heavy atom. The summed E-state index contributed by atoms with van der Waals surface area (Å²) in [5.74, 6) is 2.57. The number of aryl methyl sites for hydroxylation is 2. The molecule has 0 aliphatic carbocycles. The Morgan fingerprint density at radius 3 is 2.59 bits per heavy atom. The smallest absolute Gasteiger partial charge is 0.253 e. The summed E-state index contributed by atoms with van der Waals surface area (Å²) in [6.07, 6.45) is 0.923. The summed E-state index contributed by atoms with van der Waals surface area (Å²) in [7, 11) is 1.57. The van der Waals surface area contributed by atoms with Crippen LogP contribution in [0.5, 0.6) is 5.75 Å². The van der Waals surface area contributed by atoms with Crippen LogP contribution in [0.2, 0.25) is 5.02 Å². The Hall–Kier alpha value is -2.18. The molecule has 2 aromatic rings. The van der Waals surface area contributed by atoms with Crippen molar-refractivity contribution in [2.75, 3.05) is 37.0 Å². The van der Waals surface area contributed by atoms with Gasteiger partial charge in [-0.25, -0.2) is 0 Å². The van der Waals surface area contributed by atoms with E-state index in [4.69, 9.17) is 16.3 Å². The molecule has 154 valence electrons. The van der Waals surface area contributed by atoms with Crippen LogP contribution in [-0.4, -0.2) is 48.4 Å². The quantitative estimate of drug-likeness (QED) is 0.734. The molecule has 3 rings (SSSR count). The number of halogens is 1. The van der Waals surface area contributed by atoms with Crippen LogP contribution in [0.4, 0.5) is 5.69 Å². The van der Waals surface area contributed by atoms with Gasteiger partial charge in [0, 0.05) is 42.3 Å². The highest BCUT2D eigenvalue weighted by atomic mass is 35.5. The molecule has 1 fully saturated rings. The van der Waals surface area contributed by atoms with Gasteiger partial charge in [0.25, 0.3) is 5.91 Å². The lowest BCUT2D eigenvalue weighted by atomic mass is 10.1. The number of amides is 2. The van der Waals surface area contributed by atoms with Gasteiger partial charge in [0.2, 0.25) is 5.91 Å². The zero-order valence-corrected chi connectivity index (χ0v) is 18.2. The first-order valence-electron chi connectivity index (χ1n) is 9.58. The first-order valence-corrected chi connectivity index (χ1v) is 11.1. The van der Waals surface area contributed by atoms with Crippen molar-refractivity contribution in [2.24, 2.45) is 0 Å². The number of nitrogens with zero attached hydrogens (tertiary/aromatic N) is 1. The van der Waals surface area contributed by atoms with Gasteiger partial charge in [-0.2, -0.15) is 11.8 Å². The number of hydrogen-bond donors (Lipinski definition) is 1. The van der Waals surface area contributed by atoms with Crippen LogP contribution in [0.1, 0.15) is 27.9 Å². The second-order valence-corrected chi connectivity index (χ2v) is 8.58. The van der Waals surface area contributed by atoms with E-state index in [0.717, 1.165) is 41.4 Å². The van der Waals surface area contributed by atoms with Crippen molar-refractivity contribution in [1.29, 1.82) is 0 Å². The molecule has 1 aliphatic heterocycles. The van der Waals surface area contributed by atoms with Crippen LogP contribution in [-0.2, 0) is 11.2 Å². The molecule has 5 nitrogen and oxygen atoms in total. The maximum absolute atomic E-state index is 12.6. The topological polar surface area (TPSA) is 58.6 Å². The molecule has 0 atom stereocenters. The summed E-state index contributed by atoms with van der Waals surface area (Å²) in [6, 6.07) is 11.0. The average Bonchev–Trinajstić information content (AvgIpc) is 2.74. The highest BCUT2D eigenvalue weighted by Crippen LogP contribution is 2.25. The highest BCUT2D eigenvalue weighted by Gasteiger charge is 2.19. The van der Waals surface area contributed by atoms with Crippen molar-refractivity contribution in [3.05, 3.63) is 58.1 Å². The predicted molar refractivity (Wildman–Crippen MR) is 119 cm³/mol. The summed E-state index contributed by atoms with van der Waals surface area (Å²) in [4.78, 5) is 26.9. The highest BCUT2D eigenvalue weighted by molar-refractivity contribution is 7.99. The minimum atomic E-state index is -0.0767. The molecule has 0 unspecified atom stereocenters. The van der Waals surface area contributed by atoms with Crippen molar-refractivity contribution in [3.63, 3.8) is 0 Å². The second kappa shape index (κ2) is 10.0. The molecular weight excluding hydrogens is 408 g/mol. The average molecular weight is 433 g/mol. The van der Waals surface area contributed by atoms with E-state index >= 15 is 0 Å². The standard InChI is InChI=1S/C22H25ClN2O3S/c1-15-13-17(22(27)25-9-11-29-12-10-25)5-6-19(15)24-21(26)8-4-16-3-7-20(28-2)18(23)14-16/h3,5-7,13-14H,4,8-12H2,1-2H3,(H,24,26). The van der Waals surface area contributed by atoms with E-state index < -0.39 is 0 Å². The summed E-state index contributed by atoms with van der Waals surface area (Å²) in [5.41, 5.74) is 3.25. The van der Waals surface area contributed by atoms with E-state index in [-0.39, 0.29) is 11.8 Å². The van der Waals surface area contributed by atoms with Gasteiger partial charge in [-0.3, -0.25) is 9.59 Å². The van der Waals surface area contributed by atoms with Gasteiger partial charge in [-0.1, -0.05) is 17.7 Å². The number of hydrogen-bond acceptors (Lipinski definition) is 4. The zero-order chi connectivity index (χ0) is 20.8. The molecule has 1 aliphatic rings. The second-order valence-electron chi connectivity index (χ2n) is 6.95. The third-order valence-electron chi connectivity index (χ3n) is 4.90. The molecule has 2 aromatic carbocycles. The van der Waals surface area contributed by atoms with E-state index in [1.165, 1.54) is 0 Å². The Morgan fingerprint density at radius 1 is 1.17 bits per heavy atom. The van der Waals surface area contributed by atoms with Crippen LogP contribution in [0.3, 0.4) is 0 Å². The summed E-state index contributed by atoms with van der Waals surface area (Å²) in [6.45, 7) is 3.48. The molecule has 1 N–H and O–H groups in total. The van der Waals surface area contributed by atoms with Crippen LogP contribution in [0.25, 0.3) is 0 Å². The number of carbonyl (C=O) groups excluding carboxylic acids is 2. The summed E-state index contributed by atoms with van der Waals surface area (Å²) >= 11 is 8.01. The number of rotatable bonds is 6. The maximum atomic E-state index is 12.6. The fourth-order valence-corrected chi connectivity index (χ4v) is 4.41. The maximum Gasteiger partial charge on any atom is 0.253 e. The largest absolute Gasteiger partial charge is 0.495 e. The van der Waals surface area contributed by atoms with Gasteiger partial charge in [0.05, 0.1) is 12.1 Å². The van der Waals surface area contributed by atoms with E-state index in [2.05, 4.69) is 5.32 Å². The van der Waals surface area contributed by atoms with Gasteiger partial charge in [0.1, 0.15) is 5.75 Å². The number of methoxy groups -OCH3 is 1. The minimum absolute atomic E-state index is 0.0580. The molecule has 29 heavy (non-hydrogen) atoms. The summed E-state index contributed by atoms with van der Waals surface area (Å²) in [5, 5.41) is 3.47. The van der Waals surface area contributed by atoms with Crippen molar-refractivity contribution < 1.29 is 14.3 Å². The first kappa shape index (κ1) is 21.5. The van der Waals surface area contributed by atoms with Gasteiger partial charge >= 0.3 is 0 Å². The molecule has 0 aromatic heterocycles. The van der Waals surface area contributed by atoms with Crippen LogP contribution >= 0.6 is 23.4 Å². The predicted octanol–water partition coefficient (Wildman–Crippen LogP) is 4.42. The van der Waals surface area contributed by atoms with Gasteiger partial charge in [-0.05, 0) is 54.8 Å². The number of carbonyl (C=O) groups is 2. The Bertz CT molecular complexity index is 898.